The van der Waals surface area contributed by atoms with Crippen LogP contribution in [0, 0.1) is 6.92 Å². The summed E-state index contributed by atoms with van der Waals surface area (Å²) >= 11 is 0. The zero-order chi connectivity index (χ0) is 17.6. The molecule has 7 heteroatoms. The lowest BCUT2D eigenvalue weighted by Gasteiger charge is -2.14. The normalized spacial score (nSPS) is 17.4. The summed E-state index contributed by atoms with van der Waals surface area (Å²) in [4.78, 5) is 26.8. The van der Waals surface area contributed by atoms with E-state index in [1.165, 1.54) is 6.26 Å². The van der Waals surface area contributed by atoms with Gasteiger partial charge in [-0.2, -0.15) is 5.10 Å². The first-order chi connectivity index (χ1) is 12.0. The van der Waals surface area contributed by atoms with Crippen LogP contribution in [0.1, 0.15) is 22.3 Å². The summed E-state index contributed by atoms with van der Waals surface area (Å²) in [5.74, 6) is 0.162. The van der Waals surface area contributed by atoms with Crippen LogP contribution in [0.2, 0.25) is 0 Å². The van der Waals surface area contributed by atoms with E-state index < -0.39 is 6.04 Å². The standard InChI is InChI=1S/C18H18N4O3/c1-11-4-3-5-12-13(10-25-16(11)12)17(23)19-14-6-9-22(18(14)24)15-7-8-21(2)20-15/h3-5,7-8,10,14H,6,9H2,1-2H3,(H,19,23). The SMILES string of the molecule is Cc1cccc2c(C(=O)NC3CCN(c4ccn(C)n4)C3=O)coc12. The molecule has 0 saturated carbocycles. The number of benzene rings is 1. The topological polar surface area (TPSA) is 80.4 Å². The molecule has 2 amide bonds. The van der Waals surface area contributed by atoms with Crippen LogP contribution in [-0.4, -0.2) is 34.2 Å². The summed E-state index contributed by atoms with van der Waals surface area (Å²) < 4.78 is 7.16. The lowest BCUT2D eigenvalue weighted by molar-refractivity contribution is -0.118. The molecule has 128 valence electrons. The Morgan fingerprint density at radius 3 is 2.96 bits per heavy atom. The minimum absolute atomic E-state index is 0.143. The highest BCUT2D eigenvalue weighted by Crippen LogP contribution is 2.25. The summed E-state index contributed by atoms with van der Waals surface area (Å²) in [6.07, 6.45) is 3.79. The molecule has 1 atom stereocenters. The maximum atomic E-state index is 12.6. The number of carbonyl (C=O) groups is 2. The van der Waals surface area contributed by atoms with Gasteiger partial charge in [0.05, 0.1) is 5.56 Å². The third-order valence-corrected chi connectivity index (χ3v) is 4.53. The van der Waals surface area contributed by atoms with Crippen molar-refractivity contribution in [3.05, 3.63) is 47.9 Å². The lowest BCUT2D eigenvalue weighted by atomic mass is 10.1. The minimum atomic E-state index is -0.552. The van der Waals surface area contributed by atoms with Gasteiger partial charge in [-0.15, -0.1) is 0 Å². The van der Waals surface area contributed by atoms with E-state index in [-0.39, 0.29) is 11.8 Å². The van der Waals surface area contributed by atoms with Crippen LogP contribution < -0.4 is 10.2 Å². The fourth-order valence-electron chi connectivity index (χ4n) is 3.20. The largest absolute Gasteiger partial charge is 0.463 e. The molecule has 2 aromatic heterocycles. The number of rotatable bonds is 3. The zero-order valence-corrected chi connectivity index (χ0v) is 14.0. The monoisotopic (exact) mass is 338 g/mol. The highest BCUT2D eigenvalue weighted by molar-refractivity contribution is 6.09. The molecule has 1 N–H and O–H groups in total. The number of para-hydroxylation sites is 1. The number of aryl methyl sites for hydroxylation is 2. The molecule has 3 heterocycles. The van der Waals surface area contributed by atoms with Crippen molar-refractivity contribution in [2.75, 3.05) is 11.4 Å². The first-order valence-electron chi connectivity index (χ1n) is 8.13. The Morgan fingerprint density at radius 1 is 1.36 bits per heavy atom. The van der Waals surface area contributed by atoms with Gasteiger partial charge >= 0.3 is 0 Å². The highest BCUT2D eigenvalue weighted by Gasteiger charge is 2.35. The van der Waals surface area contributed by atoms with E-state index in [4.69, 9.17) is 4.42 Å². The van der Waals surface area contributed by atoms with Crippen LogP contribution in [0.15, 0.2) is 41.1 Å². The molecule has 4 rings (SSSR count). The number of aromatic nitrogens is 2. The molecular weight excluding hydrogens is 320 g/mol. The van der Waals surface area contributed by atoms with Gasteiger partial charge in [0.2, 0.25) is 0 Å². The highest BCUT2D eigenvalue weighted by atomic mass is 16.3. The molecule has 1 fully saturated rings. The van der Waals surface area contributed by atoms with Gasteiger partial charge in [-0.3, -0.25) is 19.2 Å². The quantitative estimate of drug-likeness (QED) is 0.792. The van der Waals surface area contributed by atoms with Crippen LogP contribution >= 0.6 is 0 Å². The minimum Gasteiger partial charge on any atom is -0.463 e. The van der Waals surface area contributed by atoms with E-state index in [1.54, 1.807) is 28.9 Å². The van der Waals surface area contributed by atoms with Gasteiger partial charge in [0.1, 0.15) is 17.9 Å². The zero-order valence-electron chi connectivity index (χ0n) is 14.0. The summed E-state index contributed by atoms with van der Waals surface area (Å²) in [6, 6.07) is 6.89. The Bertz CT molecular complexity index is 972. The predicted molar refractivity (Wildman–Crippen MR) is 92.4 cm³/mol. The Morgan fingerprint density at radius 2 is 2.20 bits per heavy atom. The van der Waals surface area contributed by atoms with E-state index >= 15 is 0 Å². The fourth-order valence-corrected chi connectivity index (χ4v) is 3.20. The second kappa shape index (κ2) is 5.77. The molecule has 7 nitrogen and oxygen atoms in total. The molecule has 1 aromatic carbocycles. The smallest absolute Gasteiger partial charge is 0.255 e. The molecule has 1 aliphatic heterocycles. The molecule has 0 radical (unpaired) electrons. The van der Waals surface area contributed by atoms with Gasteiger partial charge in [0, 0.05) is 31.2 Å². The number of fused-ring (bicyclic) bond motifs is 1. The Hall–Kier alpha value is -3.09. The van der Waals surface area contributed by atoms with Crippen LogP contribution in [-0.2, 0) is 11.8 Å². The number of carbonyl (C=O) groups excluding carboxylic acids is 2. The van der Waals surface area contributed by atoms with Crippen LogP contribution in [0.25, 0.3) is 11.0 Å². The van der Waals surface area contributed by atoms with Crippen LogP contribution in [0.5, 0.6) is 0 Å². The van der Waals surface area contributed by atoms with E-state index in [1.807, 2.05) is 25.1 Å². The number of hydrogen-bond donors (Lipinski definition) is 1. The van der Waals surface area contributed by atoms with Gasteiger partial charge < -0.3 is 9.73 Å². The number of nitrogens with zero attached hydrogens (tertiary/aromatic N) is 3. The van der Waals surface area contributed by atoms with Gasteiger partial charge in [-0.05, 0) is 18.9 Å². The lowest BCUT2D eigenvalue weighted by Crippen LogP contribution is -2.41. The molecule has 1 aliphatic rings. The van der Waals surface area contributed by atoms with Crippen molar-refractivity contribution in [3.8, 4) is 0 Å². The number of amides is 2. The molecule has 0 aliphatic carbocycles. The Kier molecular flexibility index (Phi) is 3.56. The van der Waals surface area contributed by atoms with Crippen molar-refractivity contribution in [3.63, 3.8) is 0 Å². The molecule has 25 heavy (non-hydrogen) atoms. The summed E-state index contributed by atoms with van der Waals surface area (Å²) in [5, 5.41) is 7.83. The Labute approximate surface area is 144 Å². The average molecular weight is 338 g/mol. The van der Waals surface area contributed by atoms with Gasteiger partial charge in [0.25, 0.3) is 11.8 Å². The molecule has 1 unspecified atom stereocenters. The molecule has 3 aromatic rings. The van der Waals surface area contributed by atoms with Gasteiger partial charge in [-0.25, -0.2) is 0 Å². The predicted octanol–water partition coefficient (Wildman–Crippen LogP) is 2.01. The summed E-state index contributed by atoms with van der Waals surface area (Å²) in [7, 11) is 1.80. The van der Waals surface area contributed by atoms with Crippen LogP contribution in [0.4, 0.5) is 5.82 Å². The van der Waals surface area contributed by atoms with Crippen molar-refractivity contribution >= 4 is 28.6 Å². The van der Waals surface area contributed by atoms with Crippen molar-refractivity contribution in [2.45, 2.75) is 19.4 Å². The second-order valence-electron chi connectivity index (χ2n) is 6.25. The summed E-state index contributed by atoms with van der Waals surface area (Å²) in [5.41, 5.74) is 2.11. The van der Waals surface area contributed by atoms with Crippen molar-refractivity contribution in [1.82, 2.24) is 15.1 Å². The number of nitrogens with one attached hydrogen (secondary N) is 1. The van der Waals surface area contributed by atoms with Crippen molar-refractivity contribution in [1.29, 1.82) is 0 Å². The van der Waals surface area contributed by atoms with E-state index in [0.717, 1.165) is 10.9 Å². The molecule has 1 saturated heterocycles. The number of hydrogen-bond acceptors (Lipinski definition) is 4. The number of furan rings is 1. The van der Waals surface area contributed by atoms with E-state index in [0.29, 0.717) is 29.9 Å². The first-order valence-corrected chi connectivity index (χ1v) is 8.13. The first kappa shape index (κ1) is 15.4. The third-order valence-electron chi connectivity index (χ3n) is 4.53. The summed E-state index contributed by atoms with van der Waals surface area (Å²) in [6.45, 7) is 2.46. The second-order valence-corrected chi connectivity index (χ2v) is 6.25. The van der Waals surface area contributed by atoms with Crippen molar-refractivity contribution in [2.24, 2.45) is 7.05 Å². The van der Waals surface area contributed by atoms with Gasteiger partial charge in [0.15, 0.2) is 5.82 Å². The molecular formula is C18H18N4O3. The van der Waals surface area contributed by atoms with E-state index in [2.05, 4.69) is 10.4 Å². The fraction of sp³-hybridized carbons (Fsp3) is 0.278. The maximum Gasteiger partial charge on any atom is 0.255 e. The molecule has 0 bridgehead atoms. The van der Waals surface area contributed by atoms with Crippen LogP contribution in [0.3, 0.4) is 0 Å². The third kappa shape index (κ3) is 2.57. The molecule has 0 spiro atoms. The Balaban J connectivity index is 1.53. The van der Waals surface area contributed by atoms with Gasteiger partial charge in [-0.1, -0.05) is 18.2 Å². The van der Waals surface area contributed by atoms with Crippen molar-refractivity contribution < 1.29 is 14.0 Å². The van der Waals surface area contributed by atoms with E-state index in [9.17, 15) is 9.59 Å². The maximum absolute atomic E-state index is 12.6. The average Bonchev–Trinajstić information content (AvgIpc) is 3.28. The number of anilines is 1.